The number of ketones is 1. The fraction of sp³-hybridized carbons (Fsp3) is 0.324. The number of rotatable bonds is 9. The normalized spacial score (nSPS) is 15.3. The Kier molecular flexibility index (Phi) is 9.21. The molecule has 1 fully saturated rings. The van der Waals surface area contributed by atoms with Gasteiger partial charge in [-0.25, -0.2) is 9.18 Å². The van der Waals surface area contributed by atoms with Gasteiger partial charge in [0.15, 0.2) is 5.78 Å². The summed E-state index contributed by atoms with van der Waals surface area (Å²) in [4.78, 5) is 47.3. The number of hydrogen-bond donors (Lipinski definition) is 3. The largest absolute Gasteiger partial charge is 0.361 e. The molecule has 0 unspecified atom stereocenters. The molecule has 5 rings (SSSR count). The first kappa shape index (κ1) is 30.0. The van der Waals surface area contributed by atoms with E-state index in [-0.39, 0.29) is 35.4 Å². The molecule has 1 aliphatic rings. The third kappa shape index (κ3) is 7.11. The minimum absolute atomic E-state index is 0.0400. The number of halogens is 1. The summed E-state index contributed by atoms with van der Waals surface area (Å²) < 4.78 is 13.3. The molecule has 8 nitrogen and oxygen atoms in total. The van der Waals surface area contributed by atoms with Crippen LogP contribution in [0.2, 0.25) is 0 Å². The molecule has 1 aliphatic heterocycles. The van der Waals surface area contributed by atoms with Gasteiger partial charge in [0.2, 0.25) is 5.91 Å². The van der Waals surface area contributed by atoms with Crippen molar-refractivity contribution >= 4 is 34.3 Å². The number of anilines is 1. The number of Topliss-reactive ketones (excluding diaryl/α,β-unsaturated/α-hetero) is 1. The molecule has 3 amide bonds. The summed E-state index contributed by atoms with van der Waals surface area (Å²) in [5.74, 6) is -1.32. The van der Waals surface area contributed by atoms with E-state index >= 15 is 0 Å². The second kappa shape index (κ2) is 13.2. The van der Waals surface area contributed by atoms with Crippen molar-refractivity contribution in [3.8, 4) is 0 Å². The molecule has 0 radical (unpaired) electrons. The number of benzene rings is 3. The number of nitrogens with zero attached hydrogens (tertiary/aromatic N) is 2. The van der Waals surface area contributed by atoms with Crippen molar-refractivity contribution < 1.29 is 18.8 Å². The average Bonchev–Trinajstić information content (AvgIpc) is 3.44. The van der Waals surface area contributed by atoms with Crippen molar-refractivity contribution in [1.82, 2.24) is 20.1 Å². The predicted octanol–water partition coefficient (Wildman–Crippen LogP) is 5.78. The molecular formula is C34H38FN5O3. The summed E-state index contributed by atoms with van der Waals surface area (Å²) in [5, 5.41) is 7.04. The molecule has 3 N–H and O–H groups in total. The third-order valence-corrected chi connectivity index (χ3v) is 8.15. The molecule has 9 heteroatoms. The van der Waals surface area contributed by atoms with E-state index in [0.29, 0.717) is 37.2 Å². The van der Waals surface area contributed by atoms with Crippen LogP contribution in [0.1, 0.15) is 47.2 Å². The predicted molar refractivity (Wildman–Crippen MR) is 167 cm³/mol. The van der Waals surface area contributed by atoms with Gasteiger partial charge in [-0.1, -0.05) is 37.3 Å². The molecule has 0 spiro atoms. The Morgan fingerprint density at radius 2 is 1.72 bits per heavy atom. The Morgan fingerprint density at radius 1 is 1.00 bits per heavy atom. The number of nitrogens with one attached hydrogen (secondary N) is 3. The smallest absolute Gasteiger partial charge is 0.318 e. The van der Waals surface area contributed by atoms with Gasteiger partial charge in [-0.05, 0) is 80.5 Å². The van der Waals surface area contributed by atoms with Gasteiger partial charge < -0.3 is 25.4 Å². The Bertz CT molecular complexity index is 1590. The van der Waals surface area contributed by atoms with Gasteiger partial charge in [-0.3, -0.25) is 9.59 Å². The van der Waals surface area contributed by atoms with E-state index in [9.17, 15) is 18.8 Å². The molecule has 2 atom stereocenters. The van der Waals surface area contributed by atoms with Crippen LogP contribution in [0.3, 0.4) is 0 Å². The summed E-state index contributed by atoms with van der Waals surface area (Å²) in [6.45, 7) is 3.43. The van der Waals surface area contributed by atoms with Gasteiger partial charge in [0, 0.05) is 59.8 Å². The lowest BCUT2D eigenvalue weighted by atomic mass is 9.89. The lowest BCUT2D eigenvalue weighted by molar-refractivity contribution is -0.118. The standard InChI is InChI=1S/C34H38FN5O3/c1-22(29-20-36-30-10-5-4-9-28(29)30)31(33(42)37-27-8-6-7-23(19-27)21-39(2)3)38-34(43)40-17-15-25(16-18-40)32(41)24-11-13-26(35)14-12-24/h4-14,19-20,22,25,31,36H,15-18,21H2,1-3H3,(H,37,42)(H,38,43)/t22-,31+/m0/s1. The number of urea groups is 1. The van der Waals surface area contributed by atoms with E-state index in [4.69, 9.17) is 0 Å². The van der Waals surface area contributed by atoms with Crippen molar-refractivity contribution in [1.29, 1.82) is 0 Å². The summed E-state index contributed by atoms with van der Waals surface area (Å²) >= 11 is 0. The number of para-hydroxylation sites is 1. The molecule has 4 aromatic rings. The zero-order chi connectivity index (χ0) is 30.5. The van der Waals surface area contributed by atoms with Gasteiger partial charge in [0.05, 0.1) is 0 Å². The van der Waals surface area contributed by atoms with Gasteiger partial charge in [0.25, 0.3) is 0 Å². The highest BCUT2D eigenvalue weighted by Crippen LogP contribution is 2.29. The van der Waals surface area contributed by atoms with Crippen LogP contribution in [0.15, 0.2) is 79.0 Å². The molecule has 0 bridgehead atoms. The number of fused-ring (bicyclic) bond motifs is 1. The minimum Gasteiger partial charge on any atom is -0.361 e. The molecule has 1 saturated heterocycles. The fourth-order valence-electron chi connectivity index (χ4n) is 5.82. The maximum atomic E-state index is 13.8. The van der Waals surface area contributed by atoms with Crippen LogP contribution < -0.4 is 10.6 Å². The molecule has 1 aromatic heterocycles. The highest BCUT2D eigenvalue weighted by molar-refractivity contribution is 5.99. The topological polar surface area (TPSA) is 97.5 Å². The quantitative estimate of drug-likeness (QED) is 0.218. The zero-order valence-electron chi connectivity index (χ0n) is 24.8. The fourth-order valence-corrected chi connectivity index (χ4v) is 5.82. The van der Waals surface area contributed by atoms with Crippen molar-refractivity contribution in [2.45, 2.75) is 38.3 Å². The summed E-state index contributed by atoms with van der Waals surface area (Å²) in [6, 6.07) is 19.9. The summed E-state index contributed by atoms with van der Waals surface area (Å²) in [6.07, 6.45) is 2.89. The molecule has 3 aromatic carbocycles. The molecule has 2 heterocycles. The minimum atomic E-state index is -0.859. The Labute approximate surface area is 251 Å². The number of likely N-dealkylation sites (tertiary alicyclic amines) is 1. The highest BCUT2D eigenvalue weighted by atomic mass is 19.1. The van der Waals surface area contributed by atoms with Crippen LogP contribution >= 0.6 is 0 Å². The first-order chi connectivity index (χ1) is 20.7. The lowest BCUT2D eigenvalue weighted by Crippen LogP contribution is -2.53. The van der Waals surface area contributed by atoms with Crippen molar-refractivity contribution in [3.63, 3.8) is 0 Å². The highest BCUT2D eigenvalue weighted by Gasteiger charge is 2.33. The molecule has 0 saturated carbocycles. The maximum absolute atomic E-state index is 13.8. The van der Waals surface area contributed by atoms with Crippen LogP contribution in [0, 0.1) is 11.7 Å². The number of carbonyl (C=O) groups is 3. The number of aromatic amines is 1. The molecule has 224 valence electrons. The van der Waals surface area contributed by atoms with Crippen molar-refractivity contribution in [2.24, 2.45) is 5.92 Å². The molecule has 0 aliphatic carbocycles. The lowest BCUT2D eigenvalue weighted by Gasteiger charge is -2.33. The van der Waals surface area contributed by atoms with Gasteiger partial charge in [-0.2, -0.15) is 0 Å². The van der Waals surface area contributed by atoms with Crippen molar-refractivity contribution in [3.05, 3.63) is 102 Å². The number of hydrogen-bond acceptors (Lipinski definition) is 4. The van der Waals surface area contributed by atoms with E-state index in [0.717, 1.165) is 28.6 Å². The molecule has 43 heavy (non-hydrogen) atoms. The molecular weight excluding hydrogens is 545 g/mol. The van der Waals surface area contributed by atoms with E-state index in [1.807, 2.05) is 75.7 Å². The van der Waals surface area contributed by atoms with Crippen LogP contribution in [0.4, 0.5) is 14.9 Å². The first-order valence-electron chi connectivity index (χ1n) is 14.7. The van der Waals surface area contributed by atoms with E-state index in [1.54, 1.807) is 4.90 Å². The number of piperidine rings is 1. The van der Waals surface area contributed by atoms with E-state index < -0.39 is 6.04 Å². The summed E-state index contributed by atoms with van der Waals surface area (Å²) in [7, 11) is 3.97. The second-order valence-electron chi connectivity index (χ2n) is 11.6. The van der Waals surface area contributed by atoms with E-state index in [1.165, 1.54) is 24.3 Å². The Morgan fingerprint density at radius 3 is 2.44 bits per heavy atom. The van der Waals surface area contributed by atoms with Crippen LogP contribution in [0.5, 0.6) is 0 Å². The first-order valence-corrected chi connectivity index (χ1v) is 14.7. The number of H-pyrrole nitrogens is 1. The van der Waals surface area contributed by atoms with Crippen LogP contribution in [-0.4, -0.2) is 65.7 Å². The van der Waals surface area contributed by atoms with Gasteiger partial charge >= 0.3 is 6.03 Å². The van der Waals surface area contributed by atoms with Crippen LogP contribution in [-0.2, 0) is 11.3 Å². The van der Waals surface area contributed by atoms with E-state index in [2.05, 4.69) is 20.5 Å². The van der Waals surface area contributed by atoms with Gasteiger partial charge in [-0.15, -0.1) is 0 Å². The van der Waals surface area contributed by atoms with Crippen molar-refractivity contribution in [2.75, 3.05) is 32.5 Å². The Hall–Kier alpha value is -4.50. The van der Waals surface area contributed by atoms with Gasteiger partial charge in [0.1, 0.15) is 11.9 Å². The second-order valence-corrected chi connectivity index (χ2v) is 11.6. The number of carbonyl (C=O) groups excluding carboxylic acids is 3. The van der Waals surface area contributed by atoms with Crippen LogP contribution in [0.25, 0.3) is 10.9 Å². The average molecular weight is 584 g/mol. The number of amides is 3. The Balaban J connectivity index is 1.31. The third-order valence-electron chi connectivity index (χ3n) is 8.15. The zero-order valence-corrected chi connectivity index (χ0v) is 24.8. The maximum Gasteiger partial charge on any atom is 0.318 e. The number of aromatic nitrogens is 1. The monoisotopic (exact) mass is 583 g/mol. The summed E-state index contributed by atoms with van der Waals surface area (Å²) in [5.41, 5.74) is 4.09. The SMILES string of the molecule is C[C@@H](c1c[nH]c2ccccc12)[C@@H](NC(=O)N1CCC(C(=O)c2ccc(F)cc2)CC1)C(=O)Nc1cccc(CN(C)C)c1.